The Hall–Kier alpha value is -3.62. The van der Waals surface area contributed by atoms with E-state index >= 15 is 0 Å². The van der Waals surface area contributed by atoms with Crippen molar-refractivity contribution >= 4 is 28.7 Å². The fourth-order valence-corrected chi connectivity index (χ4v) is 3.43. The average Bonchev–Trinajstić information content (AvgIpc) is 3.34. The first-order chi connectivity index (χ1) is 14.6. The number of nitrogens with zero attached hydrogens (tertiary/aromatic N) is 2. The first kappa shape index (κ1) is 19.7. The summed E-state index contributed by atoms with van der Waals surface area (Å²) in [5.41, 5.74) is 1.73. The number of nitrogens with one attached hydrogen (secondary N) is 4. The second-order valence-corrected chi connectivity index (χ2v) is 7.31. The lowest BCUT2D eigenvalue weighted by Crippen LogP contribution is -2.31. The molecule has 1 saturated heterocycles. The second kappa shape index (κ2) is 8.81. The van der Waals surface area contributed by atoms with Crippen LogP contribution in [-0.2, 0) is 4.79 Å². The number of H-pyrrole nitrogens is 1. The van der Waals surface area contributed by atoms with Gasteiger partial charge in [-0.3, -0.25) is 15.2 Å². The molecule has 156 valence electrons. The van der Waals surface area contributed by atoms with Crippen molar-refractivity contribution in [2.75, 3.05) is 11.9 Å². The highest BCUT2D eigenvalue weighted by atomic mass is 16.5. The number of hydrogen-bond donors (Lipinski definition) is 4. The zero-order valence-corrected chi connectivity index (χ0v) is 16.6. The maximum atomic E-state index is 12.3. The van der Waals surface area contributed by atoms with E-state index in [9.17, 15) is 9.59 Å². The number of fused-ring (bicyclic) bond motifs is 1. The summed E-state index contributed by atoms with van der Waals surface area (Å²) in [4.78, 5) is 27.8. The lowest BCUT2D eigenvalue weighted by atomic mass is 10.1. The van der Waals surface area contributed by atoms with Crippen LogP contribution >= 0.6 is 0 Å². The van der Waals surface area contributed by atoms with Gasteiger partial charge in [-0.25, -0.2) is 9.78 Å². The van der Waals surface area contributed by atoms with Crippen molar-refractivity contribution in [3.05, 3.63) is 48.2 Å². The molecular weight excluding hydrogens is 384 g/mol. The third-order valence-electron chi connectivity index (χ3n) is 5.09. The largest absolute Gasteiger partial charge is 0.476 e. The first-order valence-corrected chi connectivity index (χ1v) is 9.97. The van der Waals surface area contributed by atoms with Gasteiger partial charge in [0.15, 0.2) is 0 Å². The number of anilines is 1. The summed E-state index contributed by atoms with van der Waals surface area (Å²) >= 11 is 0. The molecule has 4 rings (SSSR count). The molecule has 3 aromatic rings. The lowest BCUT2D eigenvalue weighted by molar-refractivity contribution is -0.119. The molecule has 1 fully saturated rings. The Morgan fingerprint density at radius 2 is 2.17 bits per heavy atom. The van der Waals surface area contributed by atoms with E-state index < -0.39 is 0 Å². The van der Waals surface area contributed by atoms with Crippen LogP contribution < -0.4 is 20.7 Å². The van der Waals surface area contributed by atoms with Crippen LogP contribution in [-0.4, -0.2) is 39.8 Å². The van der Waals surface area contributed by atoms with Crippen molar-refractivity contribution < 1.29 is 14.3 Å². The smallest absolute Gasteiger partial charge is 0.320 e. The van der Waals surface area contributed by atoms with Gasteiger partial charge in [0.2, 0.25) is 11.8 Å². The van der Waals surface area contributed by atoms with Crippen molar-refractivity contribution in [2.45, 2.75) is 38.3 Å². The molecule has 0 radical (unpaired) electrons. The molecule has 2 atom stereocenters. The number of pyridine rings is 1. The second-order valence-electron chi connectivity index (χ2n) is 7.31. The Morgan fingerprint density at radius 3 is 2.93 bits per heavy atom. The molecule has 9 nitrogen and oxygen atoms in total. The van der Waals surface area contributed by atoms with Crippen LogP contribution in [0.15, 0.2) is 42.6 Å². The van der Waals surface area contributed by atoms with E-state index in [0.29, 0.717) is 30.2 Å². The molecule has 0 spiro atoms. The van der Waals surface area contributed by atoms with Gasteiger partial charge < -0.3 is 15.4 Å². The standard InChI is InChI=1S/C21H24N6O3/c1-13(14-5-3-2-4-6-14)23-21(29)25-18-11-17-16(12-22-18)20(27-26-17)30-10-9-15-7-8-19(28)24-15/h2-6,11-13,15H,7-10H2,1H3,(H,24,28)(H,26,27)(H2,22,23,25,29)/t13-,15+/m1/s1. The topological polar surface area (TPSA) is 121 Å². The number of amides is 3. The predicted octanol–water partition coefficient (Wildman–Crippen LogP) is 2.89. The van der Waals surface area contributed by atoms with E-state index in [-0.39, 0.29) is 24.0 Å². The minimum atomic E-state index is -0.340. The molecule has 2 aromatic heterocycles. The van der Waals surface area contributed by atoms with Gasteiger partial charge in [0, 0.05) is 31.1 Å². The maximum Gasteiger partial charge on any atom is 0.320 e. The van der Waals surface area contributed by atoms with Crippen LogP contribution in [0.5, 0.6) is 5.88 Å². The SMILES string of the molecule is C[C@@H](NC(=O)Nc1cc2[nH]nc(OCC[C@@H]3CCC(=O)N3)c2cn1)c1ccccc1. The van der Waals surface area contributed by atoms with Crippen molar-refractivity contribution in [3.8, 4) is 5.88 Å². The van der Waals surface area contributed by atoms with Crippen molar-refractivity contribution in [1.29, 1.82) is 0 Å². The molecular formula is C21H24N6O3. The average molecular weight is 408 g/mol. The van der Waals surface area contributed by atoms with Gasteiger partial charge in [0.1, 0.15) is 5.82 Å². The third kappa shape index (κ3) is 4.68. The molecule has 4 N–H and O–H groups in total. The summed E-state index contributed by atoms with van der Waals surface area (Å²) in [6.07, 6.45) is 3.76. The summed E-state index contributed by atoms with van der Waals surface area (Å²) in [7, 11) is 0. The number of carbonyl (C=O) groups is 2. The fraction of sp³-hybridized carbons (Fsp3) is 0.333. The Bertz CT molecular complexity index is 1040. The van der Waals surface area contributed by atoms with Crippen LogP contribution in [0.25, 0.3) is 10.9 Å². The number of hydrogen-bond acceptors (Lipinski definition) is 5. The van der Waals surface area contributed by atoms with Gasteiger partial charge in [-0.1, -0.05) is 30.3 Å². The predicted molar refractivity (Wildman–Crippen MR) is 112 cm³/mol. The summed E-state index contributed by atoms with van der Waals surface area (Å²) < 4.78 is 5.75. The maximum absolute atomic E-state index is 12.3. The van der Waals surface area contributed by atoms with Gasteiger partial charge in [-0.05, 0) is 18.9 Å². The summed E-state index contributed by atoms with van der Waals surface area (Å²) in [6.45, 7) is 2.37. The summed E-state index contributed by atoms with van der Waals surface area (Å²) in [5, 5.41) is 16.3. The Labute approximate surface area is 173 Å². The number of carbonyl (C=O) groups excluding carboxylic acids is 2. The van der Waals surface area contributed by atoms with Crippen LogP contribution in [0.1, 0.15) is 37.8 Å². The van der Waals surface area contributed by atoms with E-state index in [4.69, 9.17) is 4.74 Å². The van der Waals surface area contributed by atoms with Crippen LogP contribution in [0.3, 0.4) is 0 Å². The quantitative estimate of drug-likeness (QED) is 0.479. The molecule has 3 amide bonds. The summed E-state index contributed by atoms with van der Waals surface area (Å²) in [5.74, 6) is 0.955. The number of aromatic amines is 1. The normalized spacial score (nSPS) is 16.8. The number of urea groups is 1. The third-order valence-corrected chi connectivity index (χ3v) is 5.09. The Kier molecular flexibility index (Phi) is 5.78. The molecule has 3 heterocycles. The Morgan fingerprint density at radius 1 is 1.33 bits per heavy atom. The summed E-state index contributed by atoms with van der Waals surface area (Å²) in [6, 6.07) is 11.1. The molecule has 0 aliphatic carbocycles. The number of benzene rings is 1. The van der Waals surface area contributed by atoms with E-state index in [0.717, 1.165) is 23.8 Å². The van der Waals surface area contributed by atoms with E-state index in [2.05, 4.69) is 31.1 Å². The molecule has 0 unspecified atom stereocenters. The molecule has 1 aromatic carbocycles. The van der Waals surface area contributed by atoms with Crippen LogP contribution in [0.4, 0.5) is 10.6 Å². The van der Waals surface area contributed by atoms with Gasteiger partial charge in [0.25, 0.3) is 0 Å². The fourth-order valence-electron chi connectivity index (χ4n) is 3.43. The zero-order valence-electron chi connectivity index (χ0n) is 16.6. The van der Waals surface area contributed by atoms with Crippen LogP contribution in [0, 0.1) is 0 Å². The minimum Gasteiger partial charge on any atom is -0.476 e. The highest BCUT2D eigenvalue weighted by molar-refractivity contribution is 5.92. The van der Waals surface area contributed by atoms with Crippen LogP contribution in [0.2, 0.25) is 0 Å². The first-order valence-electron chi connectivity index (χ1n) is 9.97. The molecule has 30 heavy (non-hydrogen) atoms. The van der Waals surface area contributed by atoms with Crippen molar-refractivity contribution in [1.82, 2.24) is 25.8 Å². The van der Waals surface area contributed by atoms with E-state index in [1.807, 2.05) is 37.3 Å². The minimum absolute atomic E-state index is 0.0941. The molecule has 1 aliphatic heterocycles. The van der Waals surface area contributed by atoms with Gasteiger partial charge >= 0.3 is 6.03 Å². The zero-order chi connectivity index (χ0) is 20.9. The number of rotatable bonds is 7. The van der Waals surface area contributed by atoms with E-state index in [1.54, 1.807) is 12.3 Å². The van der Waals surface area contributed by atoms with E-state index in [1.165, 1.54) is 0 Å². The highest BCUT2D eigenvalue weighted by Crippen LogP contribution is 2.24. The van der Waals surface area contributed by atoms with Gasteiger partial charge in [-0.15, -0.1) is 5.10 Å². The van der Waals surface area contributed by atoms with Gasteiger partial charge in [-0.2, -0.15) is 0 Å². The highest BCUT2D eigenvalue weighted by Gasteiger charge is 2.20. The molecule has 9 heteroatoms. The molecule has 1 aliphatic rings. The monoisotopic (exact) mass is 408 g/mol. The van der Waals surface area contributed by atoms with Crippen molar-refractivity contribution in [3.63, 3.8) is 0 Å². The van der Waals surface area contributed by atoms with Crippen molar-refractivity contribution in [2.24, 2.45) is 0 Å². The molecule has 0 saturated carbocycles. The van der Waals surface area contributed by atoms with Gasteiger partial charge in [0.05, 0.1) is 23.6 Å². The molecule has 0 bridgehead atoms. The number of aromatic nitrogens is 3. The number of ether oxygens (including phenoxy) is 1. The lowest BCUT2D eigenvalue weighted by Gasteiger charge is -2.14. The Balaban J connectivity index is 1.32.